The molecule has 1 atom stereocenters. The zero-order chi connectivity index (χ0) is 16.8. The minimum atomic E-state index is 0.198. The third kappa shape index (κ3) is 4.32. The Kier molecular flexibility index (Phi) is 5.80. The lowest BCUT2D eigenvalue weighted by Crippen LogP contribution is -2.33. The SMILES string of the molecule is CC(CCO)N(Cc1ccccc1)Cc1csc(-c2ccoc2)n1. The van der Waals surface area contributed by atoms with Gasteiger partial charge in [0, 0.05) is 36.7 Å². The van der Waals surface area contributed by atoms with Crippen LogP contribution in [0.3, 0.4) is 0 Å². The topological polar surface area (TPSA) is 49.5 Å². The normalized spacial score (nSPS) is 12.6. The van der Waals surface area contributed by atoms with Gasteiger partial charge in [0.05, 0.1) is 12.0 Å². The van der Waals surface area contributed by atoms with Gasteiger partial charge in [0.25, 0.3) is 0 Å². The van der Waals surface area contributed by atoms with Crippen molar-refractivity contribution in [1.29, 1.82) is 0 Å². The highest BCUT2D eigenvalue weighted by molar-refractivity contribution is 7.13. The number of benzene rings is 1. The molecule has 5 heteroatoms. The van der Waals surface area contributed by atoms with Gasteiger partial charge in [-0.3, -0.25) is 4.90 Å². The second kappa shape index (κ2) is 8.24. The van der Waals surface area contributed by atoms with E-state index in [2.05, 4.69) is 41.5 Å². The van der Waals surface area contributed by atoms with Crippen molar-refractivity contribution in [3.63, 3.8) is 0 Å². The van der Waals surface area contributed by atoms with Crippen molar-refractivity contribution in [3.8, 4) is 10.6 Å². The molecule has 126 valence electrons. The number of furan rings is 1. The van der Waals surface area contributed by atoms with Crippen molar-refractivity contribution in [2.45, 2.75) is 32.5 Å². The summed E-state index contributed by atoms with van der Waals surface area (Å²) in [6, 6.07) is 12.6. The first-order valence-electron chi connectivity index (χ1n) is 8.12. The van der Waals surface area contributed by atoms with E-state index in [-0.39, 0.29) is 12.6 Å². The highest BCUT2D eigenvalue weighted by atomic mass is 32.1. The van der Waals surface area contributed by atoms with Gasteiger partial charge in [-0.15, -0.1) is 11.3 Å². The minimum absolute atomic E-state index is 0.198. The fraction of sp³-hybridized carbons (Fsp3) is 0.316. The quantitative estimate of drug-likeness (QED) is 0.667. The molecule has 2 heterocycles. The minimum Gasteiger partial charge on any atom is -0.472 e. The van der Waals surface area contributed by atoms with E-state index in [9.17, 15) is 5.11 Å². The summed E-state index contributed by atoms with van der Waals surface area (Å²) in [5.41, 5.74) is 3.34. The van der Waals surface area contributed by atoms with Crippen LogP contribution in [0.1, 0.15) is 24.6 Å². The zero-order valence-electron chi connectivity index (χ0n) is 13.8. The van der Waals surface area contributed by atoms with Crippen LogP contribution in [0.5, 0.6) is 0 Å². The van der Waals surface area contributed by atoms with Gasteiger partial charge in [-0.2, -0.15) is 0 Å². The van der Waals surface area contributed by atoms with Gasteiger partial charge in [-0.1, -0.05) is 30.3 Å². The molecule has 0 saturated heterocycles. The first-order valence-corrected chi connectivity index (χ1v) is 9.00. The second-order valence-corrected chi connectivity index (χ2v) is 6.77. The van der Waals surface area contributed by atoms with Gasteiger partial charge in [-0.05, 0) is 25.0 Å². The van der Waals surface area contributed by atoms with Gasteiger partial charge >= 0.3 is 0 Å². The molecule has 1 N–H and O–H groups in total. The van der Waals surface area contributed by atoms with Crippen molar-refractivity contribution >= 4 is 11.3 Å². The summed E-state index contributed by atoms with van der Waals surface area (Å²) in [6.45, 7) is 3.97. The molecule has 3 rings (SSSR count). The van der Waals surface area contributed by atoms with Gasteiger partial charge < -0.3 is 9.52 Å². The summed E-state index contributed by atoms with van der Waals surface area (Å²) < 4.78 is 5.14. The maximum Gasteiger partial charge on any atom is 0.126 e. The van der Waals surface area contributed by atoms with Crippen LogP contribution in [0.25, 0.3) is 10.6 Å². The first-order chi connectivity index (χ1) is 11.8. The summed E-state index contributed by atoms with van der Waals surface area (Å²) in [4.78, 5) is 7.09. The summed E-state index contributed by atoms with van der Waals surface area (Å²) in [6.07, 6.45) is 4.14. The number of aliphatic hydroxyl groups excluding tert-OH is 1. The molecule has 3 aromatic rings. The summed E-state index contributed by atoms with van der Waals surface area (Å²) >= 11 is 1.63. The Hall–Kier alpha value is -1.95. The van der Waals surface area contributed by atoms with Gasteiger partial charge in [0.2, 0.25) is 0 Å². The van der Waals surface area contributed by atoms with E-state index in [1.807, 2.05) is 12.1 Å². The van der Waals surface area contributed by atoms with Gasteiger partial charge in [0.1, 0.15) is 11.3 Å². The van der Waals surface area contributed by atoms with Crippen molar-refractivity contribution in [2.75, 3.05) is 6.61 Å². The predicted octanol–water partition coefficient (Wildman–Crippen LogP) is 4.18. The fourth-order valence-corrected chi connectivity index (χ4v) is 3.46. The molecule has 0 radical (unpaired) electrons. The Balaban J connectivity index is 1.73. The Morgan fingerprint density at radius 1 is 1.21 bits per heavy atom. The molecular formula is C19H22N2O2S. The van der Waals surface area contributed by atoms with Crippen molar-refractivity contribution in [1.82, 2.24) is 9.88 Å². The predicted molar refractivity (Wildman–Crippen MR) is 96.7 cm³/mol. The molecular weight excluding hydrogens is 320 g/mol. The van der Waals surface area contributed by atoms with Crippen LogP contribution in [-0.4, -0.2) is 27.6 Å². The molecule has 1 aromatic carbocycles. The number of hydrogen-bond acceptors (Lipinski definition) is 5. The van der Waals surface area contributed by atoms with E-state index < -0.39 is 0 Å². The van der Waals surface area contributed by atoms with Crippen LogP contribution in [0, 0.1) is 0 Å². The smallest absolute Gasteiger partial charge is 0.126 e. The van der Waals surface area contributed by atoms with Crippen molar-refractivity contribution in [2.24, 2.45) is 0 Å². The van der Waals surface area contributed by atoms with Gasteiger partial charge in [-0.25, -0.2) is 4.98 Å². The molecule has 0 spiro atoms. The molecule has 2 aromatic heterocycles. The summed E-state index contributed by atoms with van der Waals surface area (Å²) in [5.74, 6) is 0. The number of thiazole rings is 1. The third-order valence-corrected chi connectivity index (χ3v) is 5.02. The Labute approximate surface area is 146 Å². The van der Waals surface area contributed by atoms with E-state index in [4.69, 9.17) is 9.40 Å². The highest BCUT2D eigenvalue weighted by Gasteiger charge is 2.16. The van der Waals surface area contributed by atoms with Crippen LogP contribution in [-0.2, 0) is 13.1 Å². The number of aromatic nitrogens is 1. The van der Waals surface area contributed by atoms with E-state index in [0.29, 0.717) is 0 Å². The monoisotopic (exact) mass is 342 g/mol. The number of aliphatic hydroxyl groups is 1. The summed E-state index contributed by atoms with van der Waals surface area (Å²) in [7, 11) is 0. The lowest BCUT2D eigenvalue weighted by molar-refractivity contribution is 0.152. The molecule has 0 amide bonds. The molecule has 24 heavy (non-hydrogen) atoms. The average Bonchev–Trinajstić information content (AvgIpc) is 3.27. The molecule has 0 fully saturated rings. The van der Waals surface area contributed by atoms with Crippen molar-refractivity contribution < 1.29 is 9.52 Å². The lowest BCUT2D eigenvalue weighted by atomic mass is 10.1. The maximum absolute atomic E-state index is 9.30. The molecule has 0 aliphatic heterocycles. The largest absolute Gasteiger partial charge is 0.472 e. The number of hydrogen-bond donors (Lipinski definition) is 1. The fourth-order valence-electron chi connectivity index (χ4n) is 2.66. The van der Waals surface area contributed by atoms with Crippen LogP contribution in [0.2, 0.25) is 0 Å². The maximum atomic E-state index is 9.30. The van der Waals surface area contributed by atoms with Crippen LogP contribution < -0.4 is 0 Å². The molecule has 1 unspecified atom stereocenters. The molecule has 0 saturated carbocycles. The third-order valence-electron chi connectivity index (χ3n) is 4.08. The summed E-state index contributed by atoms with van der Waals surface area (Å²) in [5, 5.41) is 12.4. The molecule has 0 aliphatic carbocycles. The Bertz CT molecular complexity index is 725. The molecule has 4 nitrogen and oxygen atoms in total. The average molecular weight is 342 g/mol. The Morgan fingerprint density at radius 2 is 2.04 bits per heavy atom. The number of rotatable bonds is 8. The van der Waals surface area contributed by atoms with E-state index in [0.717, 1.165) is 35.8 Å². The van der Waals surface area contributed by atoms with Gasteiger partial charge in [0.15, 0.2) is 0 Å². The molecule has 0 aliphatic rings. The molecule has 0 bridgehead atoms. The van der Waals surface area contributed by atoms with E-state index in [1.54, 1.807) is 23.9 Å². The standard InChI is InChI=1S/C19H22N2O2S/c1-15(7-9-22)21(11-16-5-3-2-4-6-16)12-18-14-24-19(20-18)17-8-10-23-13-17/h2-6,8,10,13-15,22H,7,9,11-12H2,1H3. The van der Waals surface area contributed by atoms with Crippen molar-refractivity contribution in [3.05, 3.63) is 65.6 Å². The van der Waals surface area contributed by atoms with Crippen LogP contribution in [0.15, 0.2) is 58.7 Å². The zero-order valence-corrected chi connectivity index (χ0v) is 14.6. The highest BCUT2D eigenvalue weighted by Crippen LogP contribution is 2.25. The van der Waals surface area contributed by atoms with Crippen LogP contribution >= 0.6 is 11.3 Å². The van der Waals surface area contributed by atoms with E-state index >= 15 is 0 Å². The lowest BCUT2D eigenvalue weighted by Gasteiger charge is -2.28. The van der Waals surface area contributed by atoms with Crippen LogP contribution in [0.4, 0.5) is 0 Å². The first kappa shape index (κ1) is 16.9. The second-order valence-electron chi connectivity index (χ2n) is 5.91. The van der Waals surface area contributed by atoms with E-state index in [1.165, 1.54) is 5.56 Å². The number of nitrogens with zero attached hydrogens (tertiary/aromatic N) is 2. The Morgan fingerprint density at radius 3 is 2.75 bits per heavy atom.